The van der Waals surface area contributed by atoms with Gasteiger partial charge in [-0.3, -0.25) is 4.90 Å². The van der Waals surface area contributed by atoms with Gasteiger partial charge >= 0.3 is 0 Å². The highest BCUT2D eigenvalue weighted by Gasteiger charge is 2.39. The number of piperidine rings is 4. The van der Waals surface area contributed by atoms with Crippen LogP contribution in [0.1, 0.15) is 183 Å². The largest absolute Gasteiger partial charge is 0.314 e. The Bertz CT molecular complexity index is 1330. The molecule has 10 unspecified atom stereocenters. The molecule has 16 rings (SSSR count). The topological polar surface area (TPSA) is 50.0 Å². The van der Waals surface area contributed by atoms with Crippen LogP contribution in [0.2, 0.25) is 0 Å². The van der Waals surface area contributed by atoms with Crippen LogP contribution in [0.4, 0.5) is 0 Å². The van der Waals surface area contributed by atoms with E-state index in [1.54, 1.807) is 0 Å². The fourth-order valence-electron chi connectivity index (χ4n) is 17.5. The van der Waals surface area contributed by atoms with Gasteiger partial charge in [0.05, 0.1) is 0 Å². The molecule has 12 saturated heterocycles. The summed E-state index contributed by atoms with van der Waals surface area (Å²) >= 11 is 0. The third-order valence-corrected chi connectivity index (χ3v) is 22.0. The van der Waals surface area contributed by atoms with Gasteiger partial charge < -0.3 is 44.9 Å². The lowest BCUT2D eigenvalue weighted by Gasteiger charge is -2.31. The lowest BCUT2D eigenvalue weighted by Crippen LogP contribution is -2.49. The minimum Gasteiger partial charge on any atom is -0.314 e. The summed E-state index contributed by atoms with van der Waals surface area (Å²) in [6.45, 7) is 11.8. The van der Waals surface area contributed by atoms with Crippen molar-refractivity contribution in [1.29, 1.82) is 0 Å². The smallest absolute Gasteiger partial charge is 0.0221 e. The van der Waals surface area contributed by atoms with Gasteiger partial charge in [-0.1, -0.05) is 35.1 Å². The van der Waals surface area contributed by atoms with E-state index >= 15 is 0 Å². The summed E-state index contributed by atoms with van der Waals surface area (Å²) in [5, 5.41) is 7.01. The van der Waals surface area contributed by atoms with Crippen LogP contribution in [0.5, 0.6) is 0 Å². The van der Waals surface area contributed by atoms with Crippen molar-refractivity contribution in [2.24, 2.45) is 29.6 Å². The Morgan fingerprint density at radius 3 is 0.887 bits per heavy atom. The normalized spacial score (nSPS) is 42.9. The highest BCUT2D eigenvalue weighted by atomic mass is 15.3. The summed E-state index contributed by atoms with van der Waals surface area (Å²) < 4.78 is 0. The van der Waals surface area contributed by atoms with Crippen LogP contribution in [0.15, 0.2) is 0 Å². The van der Waals surface area contributed by atoms with Crippen LogP contribution in [0.3, 0.4) is 0 Å². The van der Waals surface area contributed by atoms with Gasteiger partial charge in [-0.25, -0.2) is 0 Å². The predicted octanol–water partition coefficient (Wildman–Crippen LogP) is 9.54. The van der Waals surface area contributed by atoms with Gasteiger partial charge in [0.2, 0.25) is 0 Å². The molecule has 0 spiro atoms. The lowest BCUT2D eigenvalue weighted by atomic mass is 10.0. The molecule has 0 aromatic carbocycles. The molecular formula is C61H122N10. The number of likely N-dealkylation sites (tertiary alicyclic amines) is 5. The fraction of sp³-hybridized carbons (Fsp3) is 1.00. The van der Waals surface area contributed by atoms with E-state index < -0.39 is 0 Å². The number of hydrogen-bond acceptors (Lipinski definition) is 10. The van der Waals surface area contributed by atoms with Crippen molar-refractivity contribution in [2.75, 3.05) is 115 Å². The molecule has 14 bridgehead atoms. The van der Waals surface area contributed by atoms with Crippen molar-refractivity contribution >= 4 is 0 Å². The number of piperazine rings is 2. The third kappa shape index (κ3) is 15.9. The Kier molecular flexibility index (Phi) is 23.8. The molecule has 4 saturated carbocycles. The minimum absolute atomic E-state index is 0. The summed E-state index contributed by atoms with van der Waals surface area (Å²) in [6, 6.07) is 10.1. The summed E-state index contributed by atoms with van der Waals surface area (Å²) in [7, 11) is 18.0. The van der Waals surface area contributed by atoms with Crippen molar-refractivity contribution in [1.82, 2.24) is 49.8 Å². The van der Waals surface area contributed by atoms with E-state index in [1.165, 1.54) is 219 Å². The number of fused-ring (bicyclic) bond motifs is 15. The van der Waals surface area contributed by atoms with Gasteiger partial charge in [0.25, 0.3) is 0 Å². The highest BCUT2D eigenvalue weighted by molar-refractivity contribution is 4.96. The quantitative estimate of drug-likeness (QED) is 0.246. The van der Waals surface area contributed by atoms with E-state index in [0.29, 0.717) is 0 Å². The van der Waals surface area contributed by atoms with Gasteiger partial charge in [0.1, 0.15) is 0 Å². The Hall–Kier alpha value is -0.400. The Labute approximate surface area is 442 Å². The van der Waals surface area contributed by atoms with Crippen LogP contribution in [-0.2, 0) is 0 Å². The third-order valence-electron chi connectivity index (χ3n) is 22.0. The highest BCUT2D eigenvalue weighted by Crippen LogP contribution is 2.39. The van der Waals surface area contributed by atoms with E-state index in [1.807, 2.05) is 0 Å². The summed E-state index contributed by atoms with van der Waals surface area (Å²) in [4.78, 5) is 20.1. The molecule has 416 valence electrons. The summed E-state index contributed by atoms with van der Waals surface area (Å²) in [5.41, 5.74) is 0. The maximum Gasteiger partial charge on any atom is 0.0221 e. The molecule has 0 aromatic heterocycles. The molecule has 10 nitrogen and oxygen atoms in total. The van der Waals surface area contributed by atoms with Crippen LogP contribution < -0.4 is 10.6 Å². The van der Waals surface area contributed by atoms with Crippen molar-refractivity contribution in [2.45, 2.75) is 249 Å². The molecule has 12 aliphatic heterocycles. The molecule has 2 N–H and O–H groups in total. The lowest BCUT2D eigenvalue weighted by molar-refractivity contribution is 0.179. The second-order valence-corrected chi connectivity index (χ2v) is 26.7. The van der Waals surface area contributed by atoms with E-state index in [9.17, 15) is 0 Å². The number of hydrogen-bond donors (Lipinski definition) is 2. The van der Waals surface area contributed by atoms with Gasteiger partial charge in [-0.15, -0.1) is 0 Å². The minimum atomic E-state index is 0. The van der Waals surface area contributed by atoms with Crippen molar-refractivity contribution in [3.8, 4) is 0 Å². The standard InChI is InChI=1S/2C8H15N.2C7H14N2.4C7H13N.3CH4/c1-9-5-7-3-2-4-8(7)6-9;1-9-7-3-2-4-8(9)6-5-7;1-9-4-6-2-3-7(5-9)8-6;1-9-6-2-3-7(9)5-8-4-6;3*1-8-5-6-2-3-7(8)4-6;1-8-6-2-3-7(8)5-4-6;;;/h2*7-8H,2-6H2,1H3;2*6-8H,2-5H2,1H3;4*6-7H,2-5H2,1H3;3*1H4/t;;;;2*6-,7+;;;;;/m....10...../s1. The molecule has 12 heterocycles. The zero-order chi connectivity index (χ0) is 47.3. The summed E-state index contributed by atoms with van der Waals surface area (Å²) in [5.74, 6) is 5.38. The first-order valence-electron chi connectivity index (χ1n) is 30.0. The number of nitrogens with zero attached hydrogens (tertiary/aromatic N) is 8. The van der Waals surface area contributed by atoms with Crippen molar-refractivity contribution < 1.29 is 0 Å². The molecule has 71 heavy (non-hydrogen) atoms. The van der Waals surface area contributed by atoms with Crippen LogP contribution in [-0.4, -0.2) is 221 Å². The Balaban J connectivity index is 0.000000132. The second-order valence-electron chi connectivity index (χ2n) is 26.7. The molecule has 16 aliphatic rings. The Morgan fingerprint density at radius 1 is 0.296 bits per heavy atom. The van der Waals surface area contributed by atoms with Crippen LogP contribution in [0, 0.1) is 29.6 Å². The van der Waals surface area contributed by atoms with Crippen LogP contribution in [0.25, 0.3) is 0 Å². The maximum absolute atomic E-state index is 3.58. The fourth-order valence-corrected chi connectivity index (χ4v) is 17.5. The molecular weight excluding hydrogens is 873 g/mol. The second kappa shape index (κ2) is 28.3. The molecule has 16 fully saturated rings. The summed E-state index contributed by atoms with van der Waals surface area (Å²) in [6.07, 6.45) is 36.8. The van der Waals surface area contributed by atoms with Crippen LogP contribution >= 0.6 is 0 Å². The zero-order valence-electron chi connectivity index (χ0n) is 45.9. The van der Waals surface area contributed by atoms with E-state index in [4.69, 9.17) is 0 Å². The van der Waals surface area contributed by atoms with Gasteiger partial charge in [-0.05, 0) is 234 Å². The first-order valence-corrected chi connectivity index (χ1v) is 30.0. The van der Waals surface area contributed by atoms with Gasteiger partial charge in [0, 0.05) is 125 Å². The zero-order valence-corrected chi connectivity index (χ0v) is 45.9. The molecule has 10 heteroatoms. The number of rotatable bonds is 0. The van der Waals surface area contributed by atoms with Gasteiger partial charge in [0.15, 0.2) is 0 Å². The molecule has 14 atom stereocenters. The number of likely N-dealkylation sites (N-methyl/N-ethyl adjacent to an activating group) is 2. The maximum atomic E-state index is 3.58. The molecule has 4 aliphatic carbocycles. The first-order chi connectivity index (χ1) is 32.9. The van der Waals surface area contributed by atoms with E-state index in [0.717, 1.165) is 96.0 Å². The molecule has 0 aromatic rings. The number of nitrogens with one attached hydrogen (secondary N) is 2. The van der Waals surface area contributed by atoms with Gasteiger partial charge in [-0.2, -0.15) is 0 Å². The Morgan fingerprint density at radius 2 is 0.606 bits per heavy atom. The van der Waals surface area contributed by atoms with Crippen molar-refractivity contribution in [3.05, 3.63) is 0 Å². The van der Waals surface area contributed by atoms with E-state index in [-0.39, 0.29) is 22.3 Å². The average molecular weight is 996 g/mol. The first kappa shape index (κ1) is 59.8. The predicted molar refractivity (Wildman–Crippen MR) is 307 cm³/mol. The molecule has 0 radical (unpaired) electrons. The SMILES string of the molecule is C.C.C.CN1C2CCC1CC2.CN1C2CCC1CNC2.CN1C2CCCC1CC2.CN1CC2CCC(C1)N2.CN1CC2CCC1C2.CN1CC2CCCC2C1.CN1C[C@@H]2CC[C@H]1C2.CN1C[C@H]2CC[C@@H]1C2. The van der Waals surface area contributed by atoms with Crippen molar-refractivity contribution in [3.63, 3.8) is 0 Å². The molecule has 0 amide bonds. The monoisotopic (exact) mass is 995 g/mol. The average Bonchev–Trinajstić information content (AvgIpc) is 4.16. The van der Waals surface area contributed by atoms with E-state index in [2.05, 4.69) is 106 Å².